The number of fused-ring (bicyclic) bond motifs is 4. The largest absolute Gasteiger partial charge is 0.503 e. The normalized spacial score (nSPS) is 20.7. The summed E-state index contributed by atoms with van der Waals surface area (Å²) in [5.74, 6) is -6.47. The maximum Gasteiger partial charge on any atom is 0.274 e. The lowest BCUT2D eigenvalue weighted by atomic mass is 9.99. The third-order valence-electron chi connectivity index (χ3n) is 13.8. The number of benzene rings is 3. The Labute approximate surface area is 405 Å². The average molecular weight is 991 g/mol. The first-order valence-corrected chi connectivity index (χ1v) is 22.5. The molecule has 5 aromatic rings. The fourth-order valence-electron chi connectivity index (χ4n) is 9.69. The second-order valence-corrected chi connectivity index (χ2v) is 18.5. The summed E-state index contributed by atoms with van der Waals surface area (Å²) in [6, 6.07) is 15.1. The number of halogens is 5. The van der Waals surface area contributed by atoms with Gasteiger partial charge in [0.05, 0.1) is 22.2 Å². The van der Waals surface area contributed by atoms with Gasteiger partial charge in [-0.25, -0.2) is 17.6 Å². The van der Waals surface area contributed by atoms with E-state index >= 15 is 0 Å². The molecule has 14 nitrogen and oxygen atoms in total. The fourth-order valence-corrected chi connectivity index (χ4v) is 9.69. The Kier molecular flexibility index (Phi) is 14.6. The Balaban J connectivity index is 0.000000206. The predicted molar refractivity (Wildman–Crippen MR) is 249 cm³/mol. The molecule has 2 saturated carbocycles. The number of aromatic hydroxyl groups is 1. The van der Waals surface area contributed by atoms with Crippen molar-refractivity contribution in [3.63, 3.8) is 0 Å². The predicted octanol–water partition coefficient (Wildman–Crippen LogP) is 5.96. The van der Waals surface area contributed by atoms with E-state index in [0.717, 1.165) is 29.8 Å². The number of carbonyl (C=O) groups excluding carboxylic acids is 4. The minimum Gasteiger partial charge on any atom is -0.503 e. The van der Waals surface area contributed by atoms with Crippen LogP contribution in [0.3, 0.4) is 0 Å². The summed E-state index contributed by atoms with van der Waals surface area (Å²) in [4.78, 5) is 81.7. The Bertz CT molecular complexity index is 3020. The van der Waals surface area contributed by atoms with Crippen molar-refractivity contribution >= 4 is 35.8 Å². The second-order valence-electron chi connectivity index (χ2n) is 18.5. The first kappa shape index (κ1) is 51.2. The number of carbonyl (C=O) groups is 4. The quantitative estimate of drug-likeness (QED) is 0.0886. The lowest BCUT2D eigenvalue weighted by Gasteiger charge is -2.39. The maximum atomic E-state index is 14.1. The molecule has 9 rings (SSSR count). The van der Waals surface area contributed by atoms with Crippen molar-refractivity contribution < 1.29 is 56.8 Å². The third-order valence-corrected chi connectivity index (χ3v) is 13.8. The van der Waals surface area contributed by atoms with E-state index in [0.29, 0.717) is 25.9 Å². The van der Waals surface area contributed by atoms with Crippen LogP contribution in [0.4, 0.5) is 17.6 Å². The lowest BCUT2D eigenvalue weighted by Crippen LogP contribution is -2.52. The van der Waals surface area contributed by atoms with Gasteiger partial charge in [0.15, 0.2) is 34.5 Å². The smallest absolute Gasteiger partial charge is 0.274 e. The number of amides is 2. The number of ketones is 2. The molecule has 19 heteroatoms. The van der Waals surface area contributed by atoms with E-state index < -0.39 is 74.3 Å². The third kappa shape index (κ3) is 9.39. The van der Waals surface area contributed by atoms with Gasteiger partial charge in [-0.3, -0.25) is 28.8 Å². The molecule has 2 amide bonds. The van der Waals surface area contributed by atoms with E-state index in [9.17, 15) is 61.6 Å². The Morgan fingerprint density at radius 2 is 1.21 bits per heavy atom. The summed E-state index contributed by atoms with van der Waals surface area (Å²) >= 11 is 0. The number of aliphatic hydroxyl groups is 2. The van der Waals surface area contributed by atoms with E-state index in [2.05, 4.69) is 0 Å². The van der Waals surface area contributed by atoms with E-state index in [1.807, 2.05) is 44.2 Å². The van der Waals surface area contributed by atoms with Gasteiger partial charge >= 0.3 is 0 Å². The number of aromatic nitrogens is 2. The van der Waals surface area contributed by atoms with Gasteiger partial charge < -0.3 is 39.0 Å². The molecule has 2 spiro atoms. The molecule has 3 N–H and O–H groups in total. The molecule has 0 unspecified atom stereocenters. The number of pyridine rings is 2. The van der Waals surface area contributed by atoms with Crippen molar-refractivity contribution in [3.8, 4) is 11.5 Å². The first-order chi connectivity index (χ1) is 32.8. The van der Waals surface area contributed by atoms with Crippen LogP contribution in [0.5, 0.6) is 11.5 Å². The first-order valence-electron chi connectivity index (χ1n) is 22.5. The fraction of sp³-hybridized carbons (Fsp3) is 0.373. The van der Waals surface area contributed by atoms with E-state index in [4.69, 9.17) is 4.74 Å². The minimum absolute atomic E-state index is 0. The van der Waals surface area contributed by atoms with Gasteiger partial charge in [-0.1, -0.05) is 42.5 Å². The Hall–Kier alpha value is -6.63. The van der Waals surface area contributed by atoms with Gasteiger partial charge in [-0.05, 0) is 68.4 Å². The van der Waals surface area contributed by atoms with Gasteiger partial charge in [0.25, 0.3) is 11.8 Å². The SMILES string of the molecule is CC(C)N1C[C@@]2(C[C@H]2CO)n2cc(C(=O)CCc3ccc(F)cc3F)c(=O)c(O)c2C1=O.CN1C[C@@]2(C[C@H]2CO)n2cc(C(=O)CCc3ccc(F)cc3F)c(=O)c(OCc3ccccc3)c2C1=O.Cl. The highest BCUT2D eigenvalue weighted by Crippen LogP contribution is 2.55. The molecule has 3 aromatic carbocycles. The van der Waals surface area contributed by atoms with Crippen molar-refractivity contribution in [2.75, 3.05) is 33.4 Å². The number of nitrogens with zero attached hydrogens (tertiary/aromatic N) is 4. The van der Waals surface area contributed by atoms with Crippen LogP contribution in [0.25, 0.3) is 0 Å². The van der Waals surface area contributed by atoms with Crippen LogP contribution >= 0.6 is 12.4 Å². The molecule has 2 aliphatic carbocycles. The Morgan fingerprint density at radius 3 is 1.70 bits per heavy atom. The van der Waals surface area contributed by atoms with Gasteiger partial charge in [0.1, 0.15) is 29.9 Å². The van der Waals surface area contributed by atoms with Crippen molar-refractivity contribution in [1.29, 1.82) is 0 Å². The Morgan fingerprint density at radius 1 is 0.714 bits per heavy atom. The summed E-state index contributed by atoms with van der Waals surface area (Å²) in [5.41, 5.74) is -2.59. The highest BCUT2D eigenvalue weighted by atomic mass is 35.5. The lowest BCUT2D eigenvalue weighted by molar-refractivity contribution is 0.0551. The molecule has 0 saturated heterocycles. The van der Waals surface area contributed by atoms with Crippen molar-refractivity contribution in [2.45, 2.75) is 76.1 Å². The van der Waals surface area contributed by atoms with E-state index in [-0.39, 0.29) is 115 Å². The molecule has 0 bridgehead atoms. The summed E-state index contributed by atoms with van der Waals surface area (Å²) in [6.07, 6.45) is 3.25. The van der Waals surface area contributed by atoms with Crippen LogP contribution in [-0.4, -0.2) is 97.0 Å². The standard InChI is InChI=1S/C28H26F2N2O5.C23H24F2N2O5.ClH/c1-31-16-28(12-19(28)14-33)32-13-21(23(34)10-8-18-7-9-20(29)11-22(18)30)25(35)26(24(32)27(31)36)37-15-17-5-3-2-4-6-17;1-12(2)26-11-23(8-14(23)10-28)27-9-16(20(30)21(31)19(27)22(26)32)18(29)6-4-13-3-5-15(24)7-17(13)25;/h2-7,9,11,13,19,33H,8,10,12,14-16H2,1H3;3,5,7,9,12,14,28,31H,4,6,8,10-11H2,1-2H3;1H/t19-,28+;14-,23+;/m00./s1. The second kappa shape index (κ2) is 20.0. The van der Waals surface area contributed by atoms with Crippen LogP contribution in [0, 0.1) is 35.1 Å². The molecule has 2 fully saturated rings. The number of ether oxygens (including phenoxy) is 1. The molecular formula is C51H51ClF4N4O10. The van der Waals surface area contributed by atoms with Crippen molar-refractivity contribution in [1.82, 2.24) is 18.9 Å². The average Bonchev–Trinajstić information content (AvgIpc) is 4.23. The molecular weight excluding hydrogens is 940 g/mol. The zero-order chi connectivity index (χ0) is 49.7. The van der Waals surface area contributed by atoms with Gasteiger partial charge in [0, 0.05) is 88.6 Å². The van der Waals surface area contributed by atoms with Crippen LogP contribution < -0.4 is 15.6 Å². The molecule has 4 heterocycles. The molecule has 0 radical (unpaired) electrons. The summed E-state index contributed by atoms with van der Waals surface area (Å²) in [5, 5.41) is 30.2. The molecule has 370 valence electrons. The number of hydrogen-bond donors (Lipinski definition) is 3. The van der Waals surface area contributed by atoms with Gasteiger partial charge in [-0.15, -0.1) is 12.4 Å². The van der Waals surface area contributed by atoms with Gasteiger partial charge in [-0.2, -0.15) is 0 Å². The topological polar surface area (TPSA) is 189 Å². The van der Waals surface area contributed by atoms with E-state index in [1.165, 1.54) is 34.0 Å². The zero-order valence-electron chi connectivity index (χ0n) is 38.4. The molecule has 4 aliphatic rings. The summed E-state index contributed by atoms with van der Waals surface area (Å²) in [7, 11) is 1.63. The summed E-state index contributed by atoms with van der Waals surface area (Å²) in [6.45, 7) is 4.01. The monoisotopic (exact) mass is 990 g/mol. The maximum absolute atomic E-state index is 14.1. The van der Waals surface area contributed by atoms with Crippen LogP contribution in [0.2, 0.25) is 0 Å². The number of aliphatic hydroxyl groups excluding tert-OH is 2. The minimum atomic E-state index is -0.962. The number of rotatable bonds is 14. The molecule has 4 atom stereocenters. The zero-order valence-corrected chi connectivity index (χ0v) is 39.2. The number of likely N-dealkylation sites (N-methyl/N-ethyl adjacent to an activating group) is 1. The highest BCUT2D eigenvalue weighted by Gasteiger charge is 2.61. The molecule has 2 aromatic heterocycles. The molecule has 2 aliphatic heterocycles. The number of hydrogen-bond acceptors (Lipinski definition) is 10. The van der Waals surface area contributed by atoms with Crippen LogP contribution in [0.1, 0.15) is 97.9 Å². The van der Waals surface area contributed by atoms with Crippen molar-refractivity contribution in [2.24, 2.45) is 11.8 Å². The molecule has 70 heavy (non-hydrogen) atoms. The van der Waals surface area contributed by atoms with E-state index in [1.54, 1.807) is 16.5 Å². The highest BCUT2D eigenvalue weighted by molar-refractivity contribution is 6.01. The van der Waals surface area contributed by atoms with Crippen LogP contribution in [0.15, 0.2) is 88.7 Å². The number of aryl methyl sites for hydroxylation is 2. The van der Waals surface area contributed by atoms with Crippen LogP contribution in [-0.2, 0) is 30.5 Å². The van der Waals surface area contributed by atoms with Crippen molar-refractivity contribution in [3.05, 3.63) is 162 Å². The number of Topliss-reactive ketones (excluding diaryl/α,β-unsaturated/α-hetero) is 2. The van der Waals surface area contributed by atoms with Gasteiger partial charge in [0.2, 0.25) is 10.9 Å². The summed E-state index contributed by atoms with van der Waals surface area (Å²) < 4.78 is 63.3.